The third kappa shape index (κ3) is 6.47. The molecule has 2 N–H and O–H groups in total. The Morgan fingerprint density at radius 3 is 2.46 bits per heavy atom. The summed E-state index contributed by atoms with van der Waals surface area (Å²) in [6, 6.07) is 14.8. The first-order valence-corrected chi connectivity index (χ1v) is 12.7. The van der Waals surface area contributed by atoms with Crippen LogP contribution >= 0.6 is 23.2 Å². The fraction of sp³-hybridized carbons (Fsp3) is 0.154. The number of alkyl halides is 3. The van der Waals surface area contributed by atoms with Crippen molar-refractivity contribution in [3.63, 3.8) is 0 Å². The van der Waals surface area contributed by atoms with Crippen LogP contribution in [0.15, 0.2) is 66.9 Å². The topological polar surface area (TPSA) is 124 Å². The van der Waals surface area contributed by atoms with E-state index in [1.807, 2.05) is 0 Å². The number of benzene rings is 2. The van der Waals surface area contributed by atoms with Gasteiger partial charge in [-0.15, -0.1) is 23.4 Å². The van der Waals surface area contributed by atoms with E-state index in [0.29, 0.717) is 33.2 Å². The molecule has 3 heterocycles. The van der Waals surface area contributed by atoms with Crippen LogP contribution in [0.2, 0.25) is 10.0 Å². The van der Waals surface area contributed by atoms with Crippen LogP contribution in [0.5, 0.6) is 5.75 Å². The van der Waals surface area contributed by atoms with E-state index < -0.39 is 18.3 Å². The van der Waals surface area contributed by atoms with Crippen molar-refractivity contribution in [1.82, 2.24) is 40.7 Å². The number of aromatic nitrogens is 7. The Kier molecular flexibility index (Phi) is 7.90. The predicted molar refractivity (Wildman–Crippen MR) is 143 cm³/mol. The van der Waals surface area contributed by atoms with E-state index in [1.165, 1.54) is 28.9 Å². The van der Waals surface area contributed by atoms with Crippen molar-refractivity contribution in [3.05, 3.63) is 99.6 Å². The van der Waals surface area contributed by atoms with Crippen molar-refractivity contribution in [2.45, 2.75) is 25.7 Å². The Hall–Kier alpha value is -4.49. The van der Waals surface area contributed by atoms with Crippen LogP contribution in [-0.2, 0) is 6.42 Å². The number of tetrazole rings is 1. The lowest BCUT2D eigenvalue weighted by molar-refractivity contribution is -0.274. The summed E-state index contributed by atoms with van der Waals surface area (Å²) in [5, 5.41) is 22.3. The summed E-state index contributed by atoms with van der Waals surface area (Å²) < 4.78 is 43.0. The van der Waals surface area contributed by atoms with Gasteiger partial charge < -0.3 is 10.1 Å². The van der Waals surface area contributed by atoms with Gasteiger partial charge in [0.2, 0.25) is 0 Å². The molecular formula is C26H19Cl2F3N8O2. The van der Waals surface area contributed by atoms with E-state index in [9.17, 15) is 18.0 Å². The van der Waals surface area contributed by atoms with Crippen LogP contribution < -0.4 is 10.1 Å². The molecule has 2 aromatic carbocycles. The summed E-state index contributed by atoms with van der Waals surface area (Å²) >= 11 is 12.6. The van der Waals surface area contributed by atoms with E-state index >= 15 is 0 Å². The average Bonchev–Trinajstić information content (AvgIpc) is 3.57. The van der Waals surface area contributed by atoms with Crippen LogP contribution in [-0.4, -0.2) is 47.7 Å². The number of rotatable bonds is 8. The number of pyridine rings is 1. The molecule has 3 aromatic heterocycles. The van der Waals surface area contributed by atoms with E-state index in [2.05, 4.69) is 40.8 Å². The lowest BCUT2D eigenvalue weighted by Gasteiger charge is -2.15. The number of hydrogen-bond donors (Lipinski definition) is 2. The molecule has 0 fully saturated rings. The van der Waals surface area contributed by atoms with Crippen molar-refractivity contribution in [2.24, 2.45) is 0 Å². The van der Waals surface area contributed by atoms with Gasteiger partial charge in [-0.05, 0) is 48.9 Å². The molecule has 0 unspecified atom stereocenters. The highest BCUT2D eigenvalue weighted by atomic mass is 35.5. The molecule has 5 aromatic rings. The Balaban J connectivity index is 1.56. The van der Waals surface area contributed by atoms with Crippen LogP contribution in [0.4, 0.5) is 13.2 Å². The molecule has 0 aliphatic heterocycles. The number of nitrogens with zero attached hydrogens (tertiary/aromatic N) is 6. The van der Waals surface area contributed by atoms with Gasteiger partial charge in [-0.2, -0.15) is 10.3 Å². The molecule has 1 atom stereocenters. The highest BCUT2D eigenvalue weighted by molar-refractivity contribution is 6.32. The molecule has 15 heteroatoms. The first-order chi connectivity index (χ1) is 19.6. The van der Waals surface area contributed by atoms with Crippen molar-refractivity contribution < 1.29 is 22.7 Å². The van der Waals surface area contributed by atoms with Gasteiger partial charge in [0, 0.05) is 28.8 Å². The van der Waals surface area contributed by atoms with Gasteiger partial charge in [0.15, 0.2) is 17.3 Å². The number of carbonyl (C=O) groups is 1. The fourth-order valence-corrected chi connectivity index (χ4v) is 4.44. The number of nitrogens with one attached hydrogen (secondary N) is 2. The van der Waals surface area contributed by atoms with Gasteiger partial charge in [0.1, 0.15) is 5.75 Å². The second-order valence-corrected chi connectivity index (χ2v) is 9.56. The molecule has 0 aliphatic rings. The normalized spacial score (nSPS) is 12.2. The number of H-pyrrole nitrogens is 1. The summed E-state index contributed by atoms with van der Waals surface area (Å²) in [5.74, 6) is -0.358. The Bertz CT molecular complexity index is 1660. The van der Waals surface area contributed by atoms with E-state index in [-0.39, 0.29) is 28.7 Å². The zero-order valence-corrected chi connectivity index (χ0v) is 22.5. The van der Waals surface area contributed by atoms with E-state index in [1.54, 1.807) is 49.5 Å². The third-order valence-electron chi connectivity index (χ3n) is 5.94. The second kappa shape index (κ2) is 11.6. The van der Waals surface area contributed by atoms with Crippen molar-refractivity contribution in [3.8, 4) is 22.8 Å². The number of aromatic amines is 1. The van der Waals surface area contributed by atoms with E-state index in [0.717, 1.165) is 0 Å². The van der Waals surface area contributed by atoms with Gasteiger partial charge in [-0.25, -0.2) is 9.67 Å². The predicted octanol–water partition coefficient (Wildman–Crippen LogP) is 5.73. The van der Waals surface area contributed by atoms with E-state index in [4.69, 9.17) is 23.2 Å². The van der Waals surface area contributed by atoms with Gasteiger partial charge >= 0.3 is 6.36 Å². The molecule has 0 aliphatic carbocycles. The molecule has 10 nitrogen and oxygen atoms in total. The highest BCUT2D eigenvalue weighted by Crippen LogP contribution is 2.33. The minimum absolute atomic E-state index is 0.0327. The smallest absolute Gasteiger partial charge is 0.406 e. The molecule has 0 bridgehead atoms. The van der Waals surface area contributed by atoms with Crippen molar-refractivity contribution >= 4 is 29.1 Å². The highest BCUT2D eigenvalue weighted by Gasteiger charge is 2.31. The summed E-state index contributed by atoms with van der Waals surface area (Å²) in [4.78, 5) is 18.1. The maximum Gasteiger partial charge on any atom is 0.573 e. The van der Waals surface area contributed by atoms with Gasteiger partial charge in [-0.1, -0.05) is 52.7 Å². The number of halogens is 5. The number of amides is 1. The number of hydrogen-bond acceptors (Lipinski definition) is 7. The zero-order valence-electron chi connectivity index (χ0n) is 21.0. The monoisotopic (exact) mass is 602 g/mol. The zero-order chi connectivity index (χ0) is 29.1. The number of ether oxygens (including phenoxy) is 1. The molecule has 0 saturated carbocycles. The van der Waals surface area contributed by atoms with Crippen molar-refractivity contribution in [2.75, 3.05) is 0 Å². The number of carbonyl (C=O) groups excluding carboxylic acids is 1. The Morgan fingerprint density at radius 2 is 1.83 bits per heavy atom. The standard InChI is InChI=1S/C26H19Cl2F3N8O2/c1-14(15-6-10-18(11-7-15)41-26(29,30)31)33-25(40)22-19(13-21-34-37-38-35-21)23(16-4-8-17(27)9-5-16)39(36-22)24-20(28)3-2-12-32-24/h2-12,14H,13H2,1H3,(H,33,40)(H,34,35,37,38)/t14-/m1/s1. The van der Waals surface area contributed by atoms with Gasteiger partial charge in [-0.3, -0.25) is 4.79 Å². The summed E-state index contributed by atoms with van der Waals surface area (Å²) in [5.41, 5.74) is 2.19. The summed E-state index contributed by atoms with van der Waals surface area (Å²) in [7, 11) is 0. The third-order valence-corrected chi connectivity index (χ3v) is 6.49. The maximum atomic E-state index is 13.7. The SMILES string of the molecule is C[C@@H](NC(=O)c1nn(-c2ncccc2Cl)c(-c2ccc(Cl)cc2)c1Cc1nn[nH]n1)c1ccc(OC(F)(F)F)cc1. The minimum Gasteiger partial charge on any atom is -0.406 e. The molecule has 0 spiro atoms. The van der Waals surface area contributed by atoms with Crippen molar-refractivity contribution in [1.29, 1.82) is 0 Å². The molecular weight excluding hydrogens is 584 g/mol. The lowest BCUT2D eigenvalue weighted by atomic mass is 10.0. The van der Waals surface area contributed by atoms with Crippen LogP contribution in [0.3, 0.4) is 0 Å². The Morgan fingerprint density at radius 1 is 1.10 bits per heavy atom. The summed E-state index contributed by atoms with van der Waals surface area (Å²) in [6.07, 6.45) is -3.20. The maximum absolute atomic E-state index is 13.7. The van der Waals surface area contributed by atoms with Gasteiger partial charge in [0.25, 0.3) is 5.91 Å². The van der Waals surface area contributed by atoms with Crippen LogP contribution in [0.1, 0.15) is 40.4 Å². The molecule has 41 heavy (non-hydrogen) atoms. The summed E-state index contributed by atoms with van der Waals surface area (Å²) in [6.45, 7) is 1.68. The fourth-order valence-electron chi connectivity index (χ4n) is 4.11. The largest absolute Gasteiger partial charge is 0.573 e. The Labute approximate surface area is 240 Å². The molecule has 0 radical (unpaired) electrons. The first kappa shape index (κ1) is 28.1. The lowest BCUT2D eigenvalue weighted by Crippen LogP contribution is -2.28. The first-order valence-electron chi connectivity index (χ1n) is 12.0. The molecule has 5 rings (SSSR count). The van der Waals surface area contributed by atoms with Crippen LogP contribution in [0.25, 0.3) is 17.1 Å². The van der Waals surface area contributed by atoms with Gasteiger partial charge in [0.05, 0.1) is 16.8 Å². The molecule has 210 valence electrons. The minimum atomic E-state index is -4.81. The average molecular weight is 603 g/mol. The quantitative estimate of drug-likeness (QED) is 0.232. The second-order valence-electron chi connectivity index (χ2n) is 8.72. The van der Waals surface area contributed by atoms with Crippen LogP contribution in [0, 0.1) is 0 Å². The molecule has 1 amide bonds. The molecule has 0 saturated heterocycles.